The molecule has 0 aliphatic carbocycles. The third-order valence-electron chi connectivity index (χ3n) is 1.07. The minimum atomic E-state index is -0.873. The van der Waals surface area contributed by atoms with E-state index in [0.717, 1.165) is 12.4 Å². The molecule has 1 aromatic rings. The van der Waals surface area contributed by atoms with Crippen molar-refractivity contribution in [3.63, 3.8) is 0 Å². The van der Waals surface area contributed by atoms with Crippen LogP contribution in [0.25, 0.3) is 0 Å². The summed E-state index contributed by atoms with van der Waals surface area (Å²) < 4.78 is 0.663. The van der Waals surface area contributed by atoms with Gasteiger partial charge in [-0.25, -0.2) is 14.3 Å². The molecular formula is C5H6N4O2. The van der Waals surface area contributed by atoms with Gasteiger partial charge in [-0.2, -0.15) is 0 Å². The average Bonchev–Trinajstić information content (AvgIpc) is 1.85. The molecule has 1 heterocycles. The quantitative estimate of drug-likeness (QED) is 0.487. The highest BCUT2D eigenvalue weighted by Gasteiger charge is 2.00. The third kappa shape index (κ3) is 1.34. The van der Waals surface area contributed by atoms with E-state index in [1.54, 1.807) is 0 Å². The largest absolute Gasteiger partial charge is 0.383 e. The van der Waals surface area contributed by atoms with Gasteiger partial charge in [-0.3, -0.25) is 4.79 Å². The molecule has 4 N–H and O–H groups in total. The van der Waals surface area contributed by atoms with Gasteiger partial charge in [0.05, 0.1) is 0 Å². The molecule has 0 spiro atoms. The van der Waals surface area contributed by atoms with E-state index in [1.807, 2.05) is 0 Å². The van der Waals surface area contributed by atoms with Crippen LogP contribution in [0.5, 0.6) is 0 Å². The molecule has 0 radical (unpaired) electrons. The number of carbonyl (C=O) groups excluding carboxylic acids is 1. The Bertz CT molecular complexity index is 343. The Hall–Kier alpha value is -1.85. The average molecular weight is 154 g/mol. The molecule has 0 bridgehead atoms. The summed E-state index contributed by atoms with van der Waals surface area (Å²) in [6.45, 7) is 0. The van der Waals surface area contributed by atoms with Crippen molar-refractivity contribution in [1.29, 1.82) is 0 Å². The van der Waals surface area contributed by atoms with Crippen molar-refractivity contribution in [2.24, 2.45) is 5.73 Å². The Labute approximate surface area is 61.4 Å². The van der Waals surface area contributed by atoms with Crippen molar-refractivity contribution in [1.82, 2.24) is 9.55 Å². The summed E-state index contributed by atoms with van der Waals surface area (Å²) in [5, 5.41) is 0. The monoisotopic (exact) mass is 154 g/mol. The van der Waals surface area contributed by atoms with Gasteiger partial charge in [-0.1, -0.05) is 0 Å². The summed E-state index contributed by atoms with van der Waals surface area (Å²) in [5.74, 6) is 0.0625. The maximum atomic E-state index is 10.8. The molecule has 0 aliphatic heterocycles. The van der Waals surface area contributed by atoms with E-state index < -0.39 is 11.6 Å². The molecule has 0 aliphatic rings. The molecule has 58 valence electrons. The van der Waals surface area contributed by atoms with Gasteiger partial charge in [0.15, 0.2) is 0 Å². The minimum absolute atomic E-state index is 0.0625. The lowest BCUT2D eigenvalue weighted by molar-refractivity contribution is 0.249. The van der Waals surface area contributed by atoms with Crippen LogP contribution in [0.2, 0.25) is 0 Å². The van der Waals surface area contributed by atoms with Gasteiger partial charge in [0.1, 0.15) is 12.1 Å². The normalized spacial score (nSPS) is 9.45. The van der Waals surface area contributed by atoms with Crippen molar-refractivity contribution in [2.75, 3.05) is 5.73 Å². The van der Waals surface area contributed by atoms with Crippen molar-refractivity contribution in [3.05, 3.63) is 22.7 Å². The van der Waals surface area contributed by atoms with Crippen molar-refractivity contribution < 1.29 is 4.79 Å². The van der Waals surface area contributed by atoms with Crippen LogP contribution >= 0.6 is 0 Å². The lowest BCUT2D eigenvalue weighted by atomic mass is 10.6. The maximum Gasteiger partial charge on any atom is 0.327 e. The number of hydrogen-bond acceptors (Lipinski definition) is 4. The summed E-state index contributed by atoms with van der Waals surface area (Å²) in [7, 11) is 0. The van der Waals surface area contributed by atoms with Crippen LogP contribution in [0.15, 0.2) is 17.2 Å². The SMILES string of the molecule is NC(=O)n1cnc(N)cc1=O. The minimum Gasteiger partial charge on any atom is -0.383 e. The molecule has 6 heteroatoms. The Morgan fingerprint density at radius 3 is 2.73 bits per heavy atom. The standard InChI is InChI=1S/C5H6N4O2/c6-3-1-4(10)9(2-8-3)5(7)11/h1-2H,6H2,(H2,7,11). The first-order chi connectivity index (χ1) is 5.11. The first-order valence-corrected chi connectivity index (χ1v) is 2.75. The highest BCUT2D eigenvalue weighted by molar-refractivity contribution is 5.74. The summed E-state index contributed by atoms with van der Waals surface area (Å²) in [4.78, 5) is 24.8. The van der Waals surface area contributed by atoms with Crippen LogP contribution in [0.4, 0.5) is 10.6 Å². The van der Waals surface area contributed by atoms with E-state index in [4.69, 9.17) is 11.5 Å². The van der Waals surface area contributed by atoms with E-state index in [9.17, 15) is 9.59 Å². The zero-order chi connectivity index (χ0) is 8.43. The van der Waals surface area contributed by atoms with Crippen LogP contribution in [0, 0.1) is 0 Å². The summed E-state index contributed by atoms with van der Waals surface area (Å²) in [6, 6.07) is 0.146. The Morgan fingerprint density at radius 1 is 1.64 bits per heavy atom. The third-order valence-corrected chi connectivity index (χ3v) is 1.07. The number of rotatable bonds is 0. The molecular weight excluding hydrogens is 148 g/mol. The molecule has 0 atom stereocenters. The number of primary amides is 1. The number of anilines is 1. The zero-order valence-corrected chi connectivity index (χ0v) is 5.52. The second kappa shape index (κ2) is 2.41. The van der Waals surface area contributed by atoms with Crippen molar-refractivity contribution in [3.8, 4) is 0 Å². The summed E-state index contributed by atoms with van der Waals surface area (Å²) in [6.07, 6.45) is 0.986. The van der Waals surface area contributed by atoms with E-state index in [0.29, 0.717) is 4.57 Å². The molecule has 0 unspecified atom stereocenters. The van der Waals surface area contributed by atoms with E-state index in [2.05, 4.69) is 4.98 Å². The van der Waals surface area contributed by atoms with Gasteiger partial charge in [0.2, 0.25) is 0 Å². The van der Waals surface area contributed by atoms with Crippen LogP contribution in [0.3, 0.4) is 0 Å². The number of hydrogen-bond donors (Lipinski definition) is 2. The van der Waals surface area contributed by atoms with Crippen LogP contribution in [-0.2, 0) is 0 Å². The number of nitrogens with two attached hydrogens (primary N) is 2. The number of nitrogen functional groups attached to an aromatic ring is 1. The molecule has 1 amide bonds. The van der Waals surface area contributed by atoms with Gasteiger partial charge in [0, 0.05) is 6.07 Å². The smallest absolute Gasteiger partial charge is 0.327 e. The Kier molecular flexibility index (Phi) is 1.59. The molecule has 1 rings (SSSR count). The van der Waals surface area contributed by atoms with Gasteiger partial charge < -0.3 is 11.5 Å². The number of carbonyl (C=O) groups is 1. The van der Waals surface area contributed by atoms with Gasteiger partial charge >= 0.3 is 6.03 Å². The maximum absolute atomic E-state index is 10.8. The number of amides is 1. The highest BCUT2D eigenvalue weighted by atomic mass is 16.2. The fourth-order valence-corrected chi connectivity index (χ4v) is 0.580. The van der Waals surface area contributed by atoms with Crippen LogP contribution < -0.4 is 17.0 Å². The van der Waals surface area contributed by atoms with Gasteiger partial charge in [-0.05, 0) is 0 Å². The highest BCUT2D eigenvalue weighted by Crippen LogP contribution is 1.85. The number of aromatic nitrogens is 2. The summed E-state index contributed by atoms with van der Waals surface area (Å²) in [5.41, 5.74) is 9.38. The van der Waals surface area contributed by atoms with Crippen LogP contribution in [0.1, 0.15) is 0 Å². The van der Waals surface area contributed by atoms with Crippen LogP contribution in [-0.4, -0.2) is 15.6 Å². The van der Waals surface area contributed by atoms with Gasteiger partial charge in [0.25, 0.3) is 5.56 Å². The topological polar surface area (TPSA) is 104 Å². The molecule has 0 saturated heterocycles. The van der Waals surface area contributed by atoms with E-state index >= 15 is 0 Å². The lowest BCUT2D eigenvalue weighted by Crippen LogP contribution is -2.31. The molecule has 0 fully saturated rings. The predicted molar refractivity (Wildman–Crippen MR) is 37.9 cm³/mol. The molecule has 0 saturated carbocycles. The van der Waals surface area contributed by atoms with Crippen molar-refractivity contribution >= 4 is 11.8 Å². The Balaban J connectivity index is 3.32. The number of nitrogens with zero attached hydrogens (tertiary/aromatic N) is 2. The second-order valence-corrected chi connectivity index (χ2v) is 1.86. The first-order valence-electron chi connectivity index (χ1n) is 2.75. The van der Waals surface area contributed by atoms with Crippen molar-refractivity contribution in [2.45, 2.75) is 0 Å². The predicted octanol–water partition coefficient (Wildman–Crippen LogP) is -1.25. The molecule has 11 heavy (non-hydrogen) atoms. The summed E-state index contributed by atoms with van der Waals surface area (Å²) >= 11 is 0. The molecule has 6 nitrogen and oxygen atoms in total. The zero-order valence-electron chi connectivity index (χ0n) is 5.52. The van der Waals surface area contributed by atoms with E-state index in [-0.39, 0.29) is 5.82 Å². The molecule has 0 aromatic carbocycles. The van der Waals surface area contributed by atoms with E-state index in [1.165, 1.54) is 0 Å². The second-order valence-electron chi connectivity index (χ2n) is 1.86. The lowest BCUT2D eigenvalue weighted by Gasteiger charge is -1.96. The fourth-order valence-electron chi connectivity index (χ4n) is 0.580. The van der Waals surface area contributed by atoms with Gasteiger partial charge in [-0.15, -0.1) is 0 Å². The Morgan fingerprint density at radius 2 is 2.27 bits per heavy atom. The first kappa shape index (κ1) is 7.26. The molecule has 1 aromatic heterocycles. The fraction of sp³-hybridized carbons (Fsp3) is 0.